The van der Waals surface area contributed by atoms with E-state index in [9.17, 15) is 18.0 Å². The molecule has 0 saturated carbocycles. The summed E-state index contributed by atoms with van der Waals surface area (Å²) in [6, 6.07) is 0.825. The third-order valence-electron chi connectivity index (χ3n) is 4.18. The zero-order valence-electron chi connectivity index (χ0n) is 12.2. The minimum atomic E-state index is -4.47. The largest absolute Gasteiger partial charge is 0.417 e. The Kier molecular flexibility index (Phi) is 4.27. The molecule has 3 rings (SSSR count). The predicted molar refractivity (Wildman–Crippen MR) is 79.6 cm³/mol. The SMILES string of the molecule is O=C1NCCN1C1CCCN(c2ncc(C(F)(F)F)cc2Cl)C1. The highest BCUT2D eigenvalue weighted by atomic mass is 35.5. The molecule has 0 aliphatic carbocycles. The fraction of sp³-hybridized carbons (Fsp3) is 0.571. The molecule has 2 fully saturated rings. The summed E-state index contributed by atoms with van der Waals surface area (Å²) in [4.78, 5) is 19.3. The molecular formula is C14H16ClF3N4O. The summed E-state index contributed by atoms with van der Waals surface area (Å²) in [5, 5.41) is 2.74. The number of anilines is 1. The summed E-state index contributed by atoms with van der Waals surface area (Å²) in [5.74, 6) is 0.337. The van der Waals surface area contributed by atoms with Crippen molar-refractivity contribution >= 4 is 23.4 Å². The Morgan fingerprint density at radius 2 is 2.13 bits per heavy atom. The van der Waals surface area contributed by atoms with E-state index in [4.69, 9.17) is 11.6 Å². The number of hydrogen-bond acceptors (Lipinski definition) is 3. The Morgan fingerprint density at radius 1 is 1.35 bits per heavy atom. The summed E-state index contributed by atoms with van der Waals surface area (Å²) in [5.41, 5.74) is -0.862. The highest BCUT2D eigenvalue weighted by molar-refractivity contribution is 6.33. The molecule has 0 bridgehead atoms. The van der Waals surface area contributed by atoms with E-state index in [-0.39, 0.29) is 17.1 Å². The number of alkyl halides is 3. The van der Waals surface area contributed by atoms with Crippen LogP contribution in [0.15, 0.2) is 12.3 Å². The summed E-state index contributed by atoms with van der Waals surface area (Å²) in [7, 11) is 0. The molecule has 126 valence electrons. The van der Waals surface area contributed by atoms with E-state index in [1.165, 1.54) is 0 Å². The van der Waals surface area contributed by atoms with Gasteiger partial charge in [-0.1, -0.05) is 11.6 Å². The predicted octanol–water partition coefficient (Wildman–Crippen LogP) is 2.75. The average Bonchev–Trinajstić information content (AvgIpc) is 2.92. The molecule has 1 atom stereocenters. The average molecular weight is 349 g/mol. The normalized spacial score (nSPS) is 22.4. The van der Waals surface area contributed by atoms with Crippen molar-refractivity contribution in [2.75, 3.05) is 31.1 Å². The molecule has 5 nitrogen and oxygen atoms in total. The van der Waals surface area contributed by atoms with E-state index < -0.39 is 11.7 Å². The molecule has 1 aromatic rings. The lowest BCUT2D eigenvalue weighted by Crippen LogP contribution is -2.49. The van der Waals surface area contributed by atoms with Gasteiger partial charge in [-0.25, -0.2) is 9.78 Å². The molecule has 23 heavy (non-hydrogen) atoms. The lowest BCUT2D eigenvalue weighted by atomic mass is 10.0. The Hall–Kier alpha value is -1.70. The number of carbonyl (C=O) groups excluding carboxylic acids is 1. The van der Waals surface area contributed by atoms with Gasteiger partial charge < -0.3 is 15.1 Å². The van der Waals surface area contributed by atoms with Crippen LogP contribution in [0.4, 0.5) is 23.8 Å². The van der Waals surface area contributed by atoms with Crippen LogP contribution in [-0.2, 0) is 6.18 Å². The van der Waals surface area contributed by atoms with Crippen LogP contribution >= 0.6 is 11.6 Å². The van der Waals surface area contributed by atoms with Gasteiger partial charge in [-0.15, -0.1) is 0 Å². The molecule has 1 unspecified atom stereocenters. The Bertz CT molecular complexity index is 610. The van der Waals surface area contributed by atoms with Gasteiger partial charge in [0, 0.05) is 32.4 Å². The third-order valence-corrected chi connectivity index (χ3v) is 4.45. The maximum Gasteiger partial charge on any atom is 0.417 e. The van der Waals surface area contributed by atoms with Gasteiger partial charge in [0.25, 0.3) is 0 Å². The summed E-state index contributed by atoms with van der Waals surface area (Å²) >= 11 is 6.01. The molecule has 1 N–H and O–H groups in total. The number of amides is 2. The highest BCUT2D eigenvalue weighted by Crippen LogP contribution is 2.34. The topological polar surface area (TPSA) is 48.5 Å². The van der Waals surface area contributed by atoms with Crippen LogP contribution in [0.1, 0.15) is 18.4 Å². The lowest BCUT2D eigenvalue weighted by Gasteiger charge is -2.38. The van der Waals surface area contributed by atoms with E-state index in [2.05, 4.69) is 10.3 Å². The molecule has 0 aromatic carbocycles. The Labute approximate surface area is 136 Å². The Balaban J connectivity index is 1.77. The van der Waals surface area contributed by atoms with Crippen molar-refractivity contribution in [3.8, 4) is 0 Å². The fourth-order valence-corrected chi connectivity index (χ4v) is 3.34. The van der Waals surface area contributed by atoms with E-state index in [1.807, 2.05) is 4.90 Å². The number of pyridine rings is 1. The minimum Gasteiger partial charge on any atom is -0.353 e. The van der Waals surface area contributed by atoms with Crippen LogP contribution in [0.25, 0.3) is 0 Å². The molecule has 2 amide bonds. The van der Waals surface area contributed by atoms with Crippen LogP contribution in [0.3, 0.4) is 0 Å². The zero-order chi connectivity index (χ0) is 16.6. The molecule has 9 heteroatoms. The third kappa shape index (κ3) is 3.31. The van der Waals surface area contributed by atoms with Crippen LogP contribution < -0.4 is 10.2 Å². The van der Waals surface area contributed by atoms with Crippen molar-refractivity contribution in [3.05, 3.63) is 22.8 Å². The van der Waals surface area contributed by atoms with Crippen LogP contribution in [0.2, 0.25) is 5.02 Å². The molecule has 2 saturated heterocycles. The molecule has 0 spiro atoms. The maximum absolute atomic E-state index is 12.7. The van der Waals surface area contributed by atoms with E-state index in [1.54, 1.807) is 4.90 Å². The number of hydrogen-bond donors (Lipinski definition) is 1. The van der Waals surface area contributed by atoms with Gasteiger partial charge in [0.15, 0.2) is 0 Å². The number of nitrogens with zero attached hydrogens (tertiary/aromatic N) is 3. The molecule has 2 aliphatic heterocycles. The van der Waals surface area contributed by atoms with Crippen molar-refractivity contribution in [1.82, 2.24) is 15.2 Å². The van der Waals surface area contributed by atoms with Crippen LogP contribution in [0.5, 0.6) is 0 Å². The first-order valence-electron chi connectivity index (χ1n) is 7.38. The van der Waals surface area contributed by atoms with Gasteiger partial charge in [-0.3, -0.25) is 0 Å². The fourth-order valence-electron chi connectivity index (χ4n) is 3.05. The van der Waals surface area contributed by atoms with E-state index in [0.717, 1.165) is 25.1 Å². The van der Waals surface area contributed by atoms with Crippen LogP contribution in [-0.4, -0.2) is 48.1 Å². The van der Waals surface area contributed by atoms with Crippen molar-refractivity contribution in [2.45, 2.75) is 25.1 Å². The number of carbonyl (C=O) groups is 1. The van der Waals surface area contributed by atoms with Crippen LogP contribution in [0, 0.1) is 0 Å². The number of piperidine rings is 1. The first kappa shape index (κ1) is 16.2. The van der Waals surface area contributed by atoms with Gasteiger partial charge in [0.2, 0.25) is 0 Å². The van der Waals surface area contributed by atoms with Crippen molar-refractivity contribution < 1.29 is 18.0 Å². The highest BCUT2D eigenvalue weighted by Gasteiger charge is 2.34. The van der Waals surface area contributed by atoms with Crippen molar-refractivity contribution in [3.63, 3.8) is 0 Å². The second-order valence-electron chi connectivity index (χ2n) is 5.69. The first-order chi connectivity index (χ1) is 10.9. The van der Waals surface area contributed by atoms with Gasteiger partial charge in [0.1, 0.15) is 5.82 Å². The Morgan fingerprint density at radius 3 is 2.74 bits per heavy atom. The van der Waals surface area contributed by atoms with E-state index in [0.29, 0.717) is 32.0 Å². The van der Waals surface area contributed by atoms with Gasteiger partial charge >= 0.3 is 12.2 Å². The quantitative estimate of drug-likeness (QED) is 0.894. The second-order valence-corrected chi connectivity index (χ2v) is 6.10. The zero-order valence-corrected chi connectivity index (χ0v) is 13.0. The maximum atomic E-state index is 12.7. The smallest absolute Gasteiger partial charge is 0.353 e. The number of rotatable bonds is 2. The summed E-state index contributed by atoms with van der Waals surface area (Å²) < 4.78 is 38.1. The van der Waals surface area contributed by atoms with Gasteiger partial charge in [-0.2, -0.15) is 13.2 Å². The van der Waals surface area contributed by atoms with Crippen molar-refractivity contribution in [2.24, 2.45) is 0 Å². The second kappa shape index (κ2) is 6.07. The number of urea groups is 1. The number of nitrogens with one attached hydrogen (secondary N) is 1. The minimum absolute atomic E-state index is 0.0198. The monoisotopic (exact) mass is 348 g/mol. The molecule has 3 heterocycles. The van der Waals surface area contributed by atoms with Crippen molar-refractivity contribution in [1.29, 1.82) is 0 Å². The molecule has 0 radical (unpaired) electrons. The lowest BCUT2D eigenvalue weighted by molar-refractivity contribution is -0.137. The van der Waals surface area contributed by atoms with Gasteiger partial charge in [-0.05, 0) is 18.9 Å². The summed E-state index contributed by atoms with van der Waals surface area (Å²) in [6.07, 6.45) is -1.98. The number of aromatic nitrogens is 1. The number of halogens is 4. The molecule has 1 aromatic heterocycles. The summed E-state index contributed by atoms with van der Waals surface area (Å²) in [6.45, 7) is 2.44. The van der Waals surface area contributed by atoms with E-state index >= 15 is 0 Å². The molecule has 2 aliphatic rings. The first-order valence-corrected chi connectivity index (χ1v) is 7.76. The molecular weight excluding hydrogens is 333 g/mol. The van der Waals surface area contributed by atoms with Gasteiger partial charge in [0.05, 0.1) is 16.6 Å². The standard InChI is InChI=1S/C14H16ClF3N4O/c15-11-6-9(14(16,17)18)7-20-12(11)21-4-1-2-10(8-21)22-5-3-19-13(22)23/h6-7,10H,1-5,8H2,(H,19,23).